The number of benzene rings is 2. The molecule has 0 atom stereocenters. The molecule has 0 spiro atoms. The number of nitrogens with one attached hydrogen (secondary N) is 1. The van der Waals surface area contributed by atoms with E-state index in [2.05, 4.69) is 26.1 Å². The molecule has 0 bridgehead atoms. The van der Waals surface area contributed by atoms with Crippen molar-refractivity contribution in [3.8, 4) is 0 Å². The summed E-state index contributed by atoms with van der Waals surface area (Å²) in [6, 6.07) is 12.9. The highest BCUT2D eigenvalue weighted by molar-refractivity contribution is 8.18. The number of thioether (sulfide) groups is 1. The molecule has 2 aromatic carbocycles. The number of carbonyl (C=O) groups is 4. The van der Waals surface area contributed by atoms with E-state index in [-0.39, 0.29) is 53.6 Å². The van der Waals surface area contributed by atoms with Crippen LogP contribution in [0.4, 0.5) is 4.79 Å². The van der Waals surface area contributed by atoms with Crippen LogP contribution in [0.1, 0.15) is 42.3 Å². The van der Waals surface area contributed by atoms with Crippen LogP contribution in [0, 0.1) is 0 Å². The van der Waals surface area contributed by atoms with Gasteiger partial charge in [-0.25, -0.2) is 0 Å². The largest absolute Gasteiger partial charge is 0.353 e. The Morgan fingerprint density at radius 1 is 0.975 bits per heavy atom. The van der Waals surface area contributed by atoms with Gasteiger partial charge in [0.25, 0.3) is 17.1 Å². The number of imide groups is 1. The third-order valence-electron chi connectivity index (χ3n) is 6.81. The molecular formula is C29H32Cl2N4O4S. The average Bonchev–Trinajstić information content (AvgIpc) is 3.16. The number of halogens is 2. The maximum Gasteiger partial charge on any atom is 0.293 e. The molecule has 0 aliphatic carbocycles. The minimum Gasteiger partial charge on any atom is -0.353 e. The van der Waals surface area contributed by atoms with Crippen LogP contribution in [0.2, 0.25) is 10.0 Å². The highest BCUT2D eigenvalue weighted by Gasteiger charge is 2.35. The maximum absolute atomic E-state index is 12.9. The van der Waals surface area contributed by atoms with Crippen LogP contribution in [0.3, 0.4) is 0 Å². The van der Waals surface area contributed by atoms with Crippen molar-refractivity contribution < 1.29 is 19.2 Å². The van der Waals surface area contributed by atoms with Gasteiger partial charge in [-0.05, 0) is 46.5 Å². The van der Waals surface area contributed by atoms with E-state index in [0.29, 0.717) is 41.1 Å². The summed E-state index contributed by atoms with van der Waals surface area (Å²) in [6.07, 6.45) is 1.72. The second-order valence-electron chi connectivity index (χ2n) is 10.7. The lowest BCUT2D eigenvalue weighted by Gasteiger charge is -2.34. The number of hydrogen-bond acceptors (Lipinski definition) is 6. The Hall–Kier alpha value is -2.85. The average molecular weight is 604 g/mol. The highest BCUT2D eigenvalue weighted by atomic mass is 35.5. The summed E-state index contributed by atoms with van der Waals surface area (Å²) in [5.74, 6) is -0.799. The van der Waals surface area contributed by atoms with Gasteiger partial charge in [-0.15, -0.1) is 0 Å². The van der Waals surface area contributed by atoms with E-state index in [0.717, 1.165) is 22.2 Å². The molecule has 2 aliphatic rings. The first-order valence-electron chi connectivity index (χ1n) is 13.0. The van der Waals surface area contributed by atoms with E-state index in [1.165, 1.54) is 5.56 Å². The summed E-state index contributed by atoms with van der Waals surface area (Å²) in [5.41, 5.74) is 2.35. The fourth-order valence-corrected chi connectivity index (χ4v) is 5.88. The number of rotatable bonds is 7. The van der Waals surface area contributed by atoms with Crippen LogP contribution in [0.5, 0.6) is 0 Å². The van der Waals surface area contributed by atoms with E-state index < -0.39 is 0 Å². The molecule has 1 N–H and O–H groups in total. The van der Waals surface area contributed by atoms with Gasteiger partial charge in [0, 0.05) is 39.3 Å². The summed E-state index contributed by atoms with van der Waals surface area (Å²) in [5, 5.41) is 3.06. The number of carbonyl (C=O) groups excluding carboxylic acids is 4. The van der Waals surface area contributed by atoms with E-state index in [1.807, 2.05) is 29.2 Å². The molecule has 0 aromatic heterocycles. The maximum atomic E-state index is 12.9. The van der Waals surface area contributed by atoms with Gasteiger partial charge in [-0.3, -0.25) is 29.0 Å². The third-order valence-corrected chi connectivity index (χ3v) is 8.35. The van der Waals surface area contributed by atoms with Crippen LogP contribution in [0.15, 0.2) is 47.4 Å². The molecule has 4 amide bonds. The molecule has 2 saturated heterocycles. The summed E-state index contributed by atoms with van der Waals surface area (Å²) in [4.78, 5) is 55.8. The number of amides is 4. The van der Waals surface area contributed by atoms with Crippen molar-refractivity contribution in [1.29, 1.82) is 0 Å². The first-order chi connectivity index (χ1) is 18.9. The summed E-state index contributed by atoms with van der Waals surface area (Å²) in [7, 11) is 0. The summed E-state index contributed by atoms with van der Waals surface area (Å²) >= 11 is 13.3. The van der Waals surface area contributed by atoms with Crippen molar-refractivity contribution >= 4 is 64.0 Å². The van der Waals surface area contributed by atoms with Crippen LogP contribution < -0.4 is 5.32 Å². The molecule has 0 saturated carbocycles. The van der Waals surface area contributed by atoms with Crippen LogP contribution in [-0.2, 0) is 15.0 Å². The van der Waals surface area contributed by atoms with Crippen molar-refractivity contribution in [2.24, 2.45) is 0 Å². The number of piperazine rings is 1. The van der Waals surface area contributed by atoms with Gasteiger partial charge in [0.15, 0.2) is 0 Å². The standard InChI is InChI=1S/C29H32Cl2N4O4S/c1-29(2,3)20-9-7-19(8-10-20)17-23-26(37)35(28(39)40-23)12-11-32-24(36)18-33-13-15-34(16-14-33)27(38)25-21(30)5-4-6-22(25)31/h4-10,17H,11-16,18H2,1-3H3,(H,32,36)/b23-17+. The van der Waals surface area contributed by atoms with Gasteiger partial charge in [0.05, 0.1) is 27.1 Å². The van der Waals surface area contributed by atoms with E-state index in [1.54, 1.807) is 29.2 Å². The van der Waals surface area contributed by atoms with Gasteiger partial charge in [0.2, 0.25) is 5.91 Å². The molecule has 2 aliphatic heterocycles. The quantitative estimate of drug-likeness (QED) is 0.453. The smallest absolute Gasteiger partial charge is 0.293 e. The SMILES string of the molecule is CC(C)(C)c1ccc(/C=C2/SC(=O)N(CCNC(=O)CN3CCN(C(=O)c4c(Cl)cccc4Cl)CC3)C2=O)cc1. The van der Waals surface area contributed by atoms with Crippen molar-refractivity contribution in [3.05, 3.63) is 74.1 Å². The van der Waals surface area contributed by atoms with Crippen molar-refractivity contribution in [2.45, 2.75) is 26.2 Å². The zero-order valence-corrected chi connectivity index (χ0v) is 25.0. The minimum absolute atomic E-state index is 0.0279. The lowest BCUT2D eigenvalue weighted by atomic mass is 9.87. The van der Waals surface area contributed by atoms with Crippen molar-refractivity contribution in [3.63, 3.8) is 0 Å². The lowest BCUT2D eigenvalue weighted by Crippen LogP contribution is -2.51. The molecule has 212 valence electrons. The Balaban J connectivity index is 1.22. The molecule has 40 heavy (non-hydrogen) atoms. The molecule has 0 unspecified atom stereocenters. The second kappa shape index (κ2) is 12.8. The Bertz CT molecular complexity index is 1310. The Kier molecular flexibility index (Phi) is 9.61. The Morgan fingerprint density at radius 2 is 1.60 bits per heavy atom. The Labute approximate surface area is 248 Å². The monoisotopic (exact) mass is 602 g/mol. The summed E-state index contributed by atoms with van der Waals surface area (Å²) in [6.45, 7) is 8.73. The molecular weight excluding hydrogens is 571 g/mol. The van der Waals surface area contributed by atoms with E-state index in [4.69, 9.17) is 23.2 Å². The molecule has 2 fully saturated rings. The minimum atomic E-state index is -0.358. The molecule has 2 aromatic rings. The molecule has 4 rings (SSSR count). The van der Waals surface area contributed by atoms with Gasteiger partial charge in [-0.2, -0.15) is 0 Å². The van der Waals surface area contributed by atoms with Crippen molar-refractivity contribution in [1.82, 2.24) is 20.0 Å². The van der Waals surface area contributed by atoms with Crippen LogP contribution >= 0.6 is 35.0 Å². The predicted octanol–water partition coefficient (Wildman–Crippen LogP) is 4.90. The molecule has 2 heterocycles. The highest BCUT2D eigenvalue weighted by Crippen LogP contribution is 2.32. The fourth-order valence-electron chi connectivity index (χ4n) is 4.46. The van der Waals surface area contributed by atoms with Crippen LogP contribution in [-0.4, -0.2) is 83.5 Å². The van der Waals surface area contributed by atoms with Crippen molar-refractivity contribution in [2.75, 3.05) is 45.8 Å². The Morgan fingerprint density at radius 3 is 2.20 bits per heavy atom. The lowest BCUT2D eigenvalue weighted by molar-refractivity contribution is -0.125. The van der Waals surface area contributed by atoms with E-state index in [9.17, 15) is 19.2 Å². The molecule has 8 nitrogen and oxygen atoms in total. The zero-order chi connectivity index (χ0) is 29.0. The second-order valence-corrected chi connectivity index (χ2v) is 12.5. The van der Waals surface area contributed by atoms with E-state index >= 15 is 0 Å². The first kappa shape index (κ1) is 30.1. The first-order valence-corrected chi connectivity index (χ1v) is 14.6. The van der Waals surface area contributed by atoms with Gasteiger partial charge < -0.3 is 10.2 Å². The molecule has 0 radical (unpaired) electrons. The fraction of sp³-hybridized carbons (Fsp3) is 0.379. The number of hydrogen-bond donors (Lipinski definition) is 1. The number of nitrogens with zero attached hydrogens (tertiary/aromatic N) is 3. The zero-order valence-electron chi connectivity index (χ0n) is 22.7. The topological polar surface area (TPSA) is 90.0 Å². The van der Waals surface area contributed by atoms with Gasteiger partial charge in [0.1, 0.15) is 0 Å². The van der Waals surface area contributed by atoms with Crippen LogP contribution in [0.25, 0.3) is 6.08 Å². The summed E-state index contributed by atoms with van der Waals surface area (Å²) < 4.78 is 0. The van der Waals surface area contributed by atoms with Gasteiger partial charge >= 0.3 is 0 Å². The molecule has 11 heteroatoms. The van der Waals surface area contributed by atoms with Gasteiger partial charge in [-0.1, -0.05) is 74.3 Å². The normalized spacial score (nSPS) is 17.6. The third kappa shape index (κ3) is 7.26. The predicted molar refractivity (Wildman–Crippen MR) is 160 cm³/mol.